The number of halogens is 1. The molecule has 2 atom stereocenters. The number of benzene rings is 1. The van der Waals surface area contributed by atoms with E-state index in [-0.39, 0.29) is 6.04 Å². The van der Waals surface area contributed by atoms with Gasteiger partial charge in [-0.25, -0.2) is 0 Å². The smallest absolute Gasteiger partial charge is 0.130 e. The fraction of sp³-hybridized carbons (Fsp3) is 0.739. The highest BCUT2D eigenvalue weighted by molar-refractivity contribution is 9.09. The van der Waals surface area contributed by atoms with Crippen molar-refractivity contribution in [1.82, 2.24) is 0 Å². The van der Waals surface area contributed by atoms with Gasteiger partial charge in [0.2, 0.25) is 0 Å². The van der Waals surface area contributed by atoms with Crippen LogP contribution < -0.4 is 0 Å². The van der Waals surface area contributed by atoms with E-state index in [0.717, 1.165) is 21.9 Å². The van der Waals surface area contributed by atoms with Gasteiger partial charge in [-0.1, -0.05) is 91.2 Å². The predicted octanol–water partition coefficient (Wildman–Crippen LogP) is 6.48. The molecule has 1 aromatic rings. The summed E-state index contributed by atoms with van der Waals surface area (Å²) in [6, 6.07) is 10.3. The first-order valence-corrected chi connectivity index (χ1v) is 11.7. The summed E-state index contributed by atoms with van der Waals surface area (Å²) in [5, 5.41) is 11.8. The molecule has 0 bridgehead atoms. The van der Waals surface area contributed by atoms with Crippen molar-refractivity contribution in [3.8, 4) is 0 Å². The van der Waals surface area contributed by atoms with Gasteiger partial charge in [0.25, 0.3) is 0 Å². The van der Waals surface area contributed by atoms with Crippen molar-refractivity contribution in [3.05, 3.63) is 35.9 Å². The monoisotopic (exact) mass is 426 g/mol. The van der Waals surface area contributed by atoms with E-state index in [1.54, 1.807) is 0 Å². The van der Waals surface area contributed by atoms with Gasteiger partial charge in [-0.15, -0.1) is 0 Å². The Morgan fingerprint density at radius 2 is 1.27 bits per heavy atom. The second-order valence-electron chi connectivity index (χ2n) is 8.32. The van der Waals surface area contributed by atoms with Crippen molar-refractivity contribution in [1.29, 1.82) is 0 Å². The number of likely N-dealkylation sites (N-methyl/N-ethyl adjacent to an activating group) is 1. The van der Waals surface area contributed by atoms with Gasteiger partial charge in [0.1, 0.15) is 12.1 Å². The lowest BCUT2D eigenvalue weighted by Gasteiger charge is -2.38. The van der Waals surface area contributed by atoms with Crippen molar-refractivity contribution in [2.45, 2.75) is 83.3 Å². The third kappa shape index (κ3) is 9.53. The van der Waals surface area contributed by atoms with Crippen molar-refractivity contribution in [3.63, 3.8) is 0 Å². The zero-order chi connectivity index (χ0) is 19.3. The van der Waals surface area contributed by atoms with Gasteiger partial charge in [-0.2, -0.15) is 0 Å². The van der Waals surface area contributed by atoms with Crippen LogP contribution in [-0.2, 0) is 0 Å². The lowest BCUT2D eigenvalue weighted by Crippen LogP contribution is -2.50. The Hall–Kier alpha value is -0.380. The molecule has 3 heteroatoms. The van der Waals surface area contributed by atoms with Crippen LogP contribution in [0.4, 0.5) is 0 Å². The van der Waals surface area contributed by atoms with E-state index in [2.05, 4.69) is 36.9 Å². The third-order valence-corrected chi connectivity index (χ3v) is 6.38. The van der Waals surface area contributed by atoms with Crippen LogP contribution in [-0.4, -0.2) is 41.6 Å². The van der Waals surface area contributed by atoms with Crippen LogP contribution in [0.25, 0.3) is 0 Å². The van der Waals surface area contributed by atoms with E-state index < -0.39 is 6.10 Å². The van der Waals surface area contributed by atoms with Crippen molar-refractivity contribution in [2.24, 2.45) is 0 Å². The Balaban J connectivity index is 2.13. The summed E-state index contributed by atoms with van der Waals surface area (Å²) in [6.07, 6.45) is 13.2. The first-order valence-electron chi connectivity index (χ1n) is 10.6. The Morgan fingerprint density at radius 3 is 1.77 bits per heavy atom. The molecule has 0 aromatic heterocycles. The average Bonchev–Trinajstić information content (AvgIpc) is 2.65. The highest BCUT2D eigenvalue weighted by atomic mass is 79.9. The minimum Gasteiger partial charge on any atom is -0.382 e. The van der Waals surface area contributed by atoms with E-state index in [4.69, 9.17) is 0 Å². The van der Waals surface area contributed by atoms with Gasteiger partial charge in [0.15, 0.2) is 0 Å². The molecule has 0 aliphatic rings. The molecule has 0 saturated carbocycles. The van der Waals surface area contributed by atoms with E-state index in [0.29, 0.717) is 0 Å². The summed E-state index contributed by atoms with van der Waals surface area (Å²) in [5.74, 6) is 0. The van der Waals surface area contributed by atoms with Crippen LogP contribution in [0.2, 0.25) is 0 Å². The Morgan fingerprint density at radius 1 is 0.808 bits per heavy atom. The number of rotatable bonds is 15. The topological polar surface area (TPSA) is 20.2 Å². The number of quaternary nitrogens is 1. The Kier molecular flexibility index (Phi) is 12.5. The summed E-state index contributed by atoms with van der Waals surface area (Å²) in [5.41, 5.74) is 1.03. The van der Waals surface area contributed by atoms with Crippen LogP contribution in [0, 0.1) is 0 Å². The van der Waals surface area contributed by atoms with E-state index in [1.165, 1.54) is 64.2 Å². The van der Waals surface area contributed by atoms with Crippen molar-refractivity contribution < 1.29 is 9.59 Å². The van der Waals surface area contributed by atoms with E-state index >= 15 is 0 Å². The molecule has 2 nitrogen and oxygen atoms in total. The first-order chi connectivity index (χ1) is 12.5. The highest BCUT2D eigenvalue weighted by Crippen LogP contribution is 2.24. The lowest BCUT2D eigenvalue weighted by molar-refractivity contribution is -0.917. The fourth-order valence-electron chi connectivity index (χ4n) is 3.54. The number of aliphatic hydroxyl groups is 1. The van der Waals surface area contributed by atoms with E-state index in [9.17, 15) is 5.11 Å². The van der Waals surface area contributed by atoms with Gasteiger partial charge >= 0.3 is 0 Å². The van der Waals surface area contributed by atoms with Crippen molar-refractivity contribution in [2.75, 3.05) is 26.0 Å². The number of hydrogen-bond donors (Lipinski definition) is 1. The molecular weight excluding hydrogens is 386 g/mol. The number of hydrogen-bond acceptors (Lipinski definition) is 1. The van der Waals surface area contributed by atoms with E-state index in [1.807, 2.05) is 30.3 Å². The molecule has 26 heavy (non-hydrogen) atoms. The molecule has 1 rings (SSSR count). The predicted molar refractivity (Wildman–Crippen MR) is 118 cm³/mol. The summed E-state index contributed by atoms with van der Waals surface area (Å²) in [4.78, 5) is 0. The van der Waals surface area contributed by atoms with Gasteiger partial charge in [-0.3, -0.25) is 0 Å². The minimum absolute atomic E-state index is 0.205. The minimum atomic E-state index is -0.393. The van der Waals surface area contributed by atoms with Crippen LogP contribution >= 0.6 is 15.9 Å². The number of nitrogens with zero attached hydrogens (tertiary/aromatic N) is 1. The normalized spacial score (nSPS) is 14.3. The van der Waals surface area contributed by atoms with Crippen molar-refractivity contribution >= 4 is 15.9 Å². The molecule has 0 aliphatic heterocycles. The van der Waals surface area contributed by atoms with Gasteiger partial charge in [0.05, 0.1) is 20.6 Å². The molecule has 0 saturated heterocycles. The average molecular weight is 427 g/mol. The standard InChI is InChI=1S/C23H41BrNO/c1-21(23(26)22-17-13-12-14-18-22)25(2,3)20-16-11-9-7-5-4-6-8-10-15-19-24/h12-14,17-18,21,23,26H,4-11,15-16,19-20H2,1-3H3/q+1/t21-,23-/m0/s1. The second kappa shape index (κ2) is 13.7. The molecular formula is C23H41BrNO+. The van der Waals surface area contributed by atoms with Gasteiger partial charge < -0.3 is 9.59 Å². The molecule has 0 aliphatic carbocycles. The van der Waals surface area contributed by atoms with Crippen LogP contribution in [0.15, 0.2) is 30.3 Å². The summed E-state index contributed by atoms with van der Waals surface area (Å²) >= 11 is 3.49. The maximum absolute atomic E-state index is 10.7. The van der Waals surface area contributed by atoms with Crippen LogP contribution in [0.1, 0.15) is 82.8 Å². The Bertz CT molecular complexity index is 449. The quantitative estimate of drug-likeness (QED) is 0.193. The molecule has 0 unspecified atom stereocenters. The fourth-order valence-corrected chi connectivity index (χ4v) is 3.94. The van der Waals surface area contributed by atoms with Gasteiger partial charge in [-0.05, 0) is 31.7 Å². The maximum atomic E-state index is 10.7. The summed E-state index contributed by atoms with van der Waals surface area (Å²) in [6.45, 7) is 3.31. The molecule has 150 valence electrons. The third-order valence-electron chi connectivity index (χ3n) is 5.82. The molecule has 0 spiro atoms. The molecule has 0 fully saturated rings. The Labute approximate surface area is 170 Å². The van der Waals surface area contributed by atoms with Crippen LogP contribution in [0.5, 0.6) is 0 Å². The second-order valence-corrected chi connectivity index (χ2v) is 9.12. The zero-order valence-corrected chi connectivity index (χ0v) is 18.9. The number of aliphatic hydroxyl groups excluding tert-OH is 1. The molecule has 0 amide bonds. The van der Waals surface area contributed by atoms with Gasteiger partial charge in [0, 0.05) is 5.33 Å². The summed E-state index contributed by atoms with van der Waals surface area (Å²) in [7, 11) is 4.51. The number of unbranched alkanes of at least 4 members (excludes halogenated alkanes) is 9. The molecule has 1 N–H and O–H groups in total. The summed E-state index contributed by atoms with van der Waals surface area (Å²) < 4.78 is 0.879. The first kappa shape index (κ1) is 23.7. The molecule has 1 aromatic carbocycles. The molecule has 0 heterocycles. The largest absolute Gasteiger partial charge is 0.382 e. The number of alkyl halides is 1. The maximum Gasteiger partial charge on any atom is 0.130 e. The lowest BCUT2D eigenvalue weighted by atomic mass is 10.0. The SMILES string of the molecule is C[C@@H]([C@H](O)c1ccccc1)[N+](C)(C)CCCCCCCCCCCCBr. The highest BCUT2D eigenvalue weighted by Gasteiger charge is 2.30. The molecule has 0 radical (unpaired) electrons. The van der Waals surface area contributed by atoms with Crippen LogP contribution in [0.3, 0.4) is 0 Å². The zero-order valence-electron chi connectivity index (χ0n) is 17.3.